The fraction of sp³-hybridized carbons (Fsp3) is 0.562. The van der Waals surface area contributed by atoms with Crippen LogP contribution < -0.4 is 0 Å². The summed E-state index contributed by atoms with van der Waals surface area (Å²) in [6.45, 7) is 13.1. The number of likely N-dealkylation sites (tertiary alicyclic amines) is 2. The van der Waals surface area contributed by atoms with Crippen LogP contribution in [-0.2, 0) is 9.47 Å². The van der Waals surface area contributed by atoms with Gasteiger partial charge in [0.15, 0.2) is 0 Å². The number of aliphatic hydroxyl groups excluding tert-OH is 2. The predicted molar refractivity (Wildman–Crippen MR) is 184 cm³/mol. The maximum atomic E-state index is 12.2. The Balaban J connectivity index is 0.000000240. The highest BCUT2D eigenvalue weighted by molar-refractivity contribution is 9.10. The van der Waals surface area contributed by atoms with Crippen LogP contribution in [0.2, 0.25) is 0 Å². The highest BCUT2D eigenvalue weighted by Crippen LogP contribution is 2.33. The maximum absolute atomic E-state index is 12.2. The number of carbonyl (C=O) groups excluding carboxylic acids is 2. The van der Waals surface area contributed by atoms with Crippen LogP contribution in [0.4, 0.5) is 9.59 Å². The van der Waals surface area contributed by atoms with Gasteiger partial charge in [0, 0.05) is 43.6 Å². The minimum Gasteiger partial charge on any atom is -0.444 e. The van der Waals surface area contributed by atoms with Crippen molar-refractivity contribution in [3.8, 4) is 0 Å². The second kappa shape index (κ2) is 16.4. The molecule has 44 heavy (non-hydrogen) atoms. The van der Waals surface area contributed by atoms with Crippen LogP contribution in [0.1, 0.15) is 54.4 Å². The van der Waals surface area contributed by atoms with Crippen molar-refractivity contribution in [2.45, 2.75) is 98.1 Å². The summed E-state index contributed by atoms with van der Waals surface area (Å²) in [5, 5.41) is 20.6. The Morgan fingerprint density at radius 2 is 1.09 bits per heavy atom. The molecular weight excluding hydrogens is 732 g/mol. The molecular formula is C32H44Br2N2O6S2. The minimum absolute atomic E-state index is 0.0394. The molecule has 2 saturated heterocycles. The smallest absolute Gasteiger partial charge is 0.410 e. The molecule has 0 bridgehead atoms. The first-order valence-electron chi connectivity index (χ1n) is 14.7. The number of piperidine rings is 2. The molecule has 244 valence electrons. The number of β-amino-alcohol motifs (C(OH)–C–C–N with tert-alkyl or cyclic N) is 1. The van der Waals surface area contributed by atoms with Gasteiger partial charge in [0.05, 0.1) is 24.0 Å². The van der Waals surface area contributed by atoms with Gasteiger partial charge < -0.3 is 29.5 Å². The van der Waals surface area contributed by atoms with Gasteiger partial charge in [-0.1, -0.05) is 31.9 Å². The molecule has 0 spiro atoms. The Morgan fingerprint density at radius 1 is 0.682 bits per heavy atom. The Hall–Kier alpha value is -1.44. The topological polar surface area (TPSA) is 99.5 Å². The summed E-state index contributed by atoms with van der Waals surface area (Å²) in [5.74, 6) is 0. The van der Waals surface area contributed by atoms with Crippen molar-refractivity contribution in [3.63, 3.8) is 0 Å². The van der Waals surface area contributed by atoms with E-state index in [1.165, 1.54) is 0 Å². The molecule has 0 aliphatic carbocycles. The number of ether oxygens (including phenoxy) is 2. The van der Waals surface area contributed by atoms with Gasteiger partial charge >= 0.3 is 12.2 Å². The molecule has 0 aromatic heterocycles. The van der Waals surface area contributed by atoms with Crippen molar-refractivity contribution in [3.05, 3.63) is 57.5 Å². The number of halogens is 2. The summed E-state index contributed by atoms with van der Waals surface area (Å²) < 4.78 is 12.8. The quantitative estimate of drug-likeness (QED) is 0.325. The highest BCUT2D eigenvalue weighted by Gasteiger charge is 2.34. The third-order valence-electron chi connectivity index (χ3n) is 6.55. The number of rotatable bonds is 4. The lowest BCUT2D eigenvalue weighted by Crippen LogP contribution is -2.49. The predicted octanol–water partition coefficient (Wildman–Crippen LogP) is 7.82. The number of benzene rings is 2. The molecule has 2 aliphatic rings. The van der Waals surface area contributed by atoms with Crippen LogP contribution in [0.25, 0.3) is 0 Å². The molecule has 0 radical (unpaired) electrons. The van der Waals surface area contributed by atoms with Crippen LogP contribution >= 0.6 is 55.4 Å². The van der Waals surface area contributed by atoms with E-state index in [-0.39, 0.29) is 22.7 Å². The van der Waals surface area contributed by atoms with Crippen molar-refractivity contribution in [1.82, 2.24) is 9.80 Å². The fourth-order valence-electron chi connectivity index (χ4n) is 4.43. The van der Waals surface area contributed by atoms with Crippen molar-refractivity contribution in [2.24, 2.45) is 0 Å². The zero-order valence-corrected chi connectivity index (χ0v) is 31.0. The van der Waals surface area contributed by atoms with Gasteiger partial charge in [0.25, 0.3) is 0 Å². The second-order valence-corrected chi connectivity index (χ2v) is 17.2. The third kappa shape index (κ3) is 12.7. The van der Waals surface area contributed by atoms with E-state index in [1.54, 1.807) is 33.3 Å². The first-order chi connectivity index (χ1) is 20.5. The van der Waals surface area contributed by atoms with Crippen LogP contribution in [0.5, 0.6) is 0 Å². The number of amides is 2. The highest BCUT2D eigenvalue weighted by atomic mass is 79.9. The molecule has 2 aromatic carbocycles. The molecule has 2 fully saturated rings. The minimum atomic E-state index is -0.546. The number of nitrogens with zero attached hydrogens (tertiary/aromatic N) is 2. The lowest BCUT2D eigenvalue weighted by Gasteiger charge is -2.36. The molecule has 8 nitrogen and oxygen atoms in total. The average molecular weight is 777 g/mol. The van der Waals surface area contributed by atoms with Crippen molar-refractivity contribution in [1.29, 1.82) is 0 Å². The Labute approximate surface area is 286 Å². The van der Waals surface area contributed by atoms with E-state index >= 15 is 0 Å². The van der Waals surface area contributed by atoms with Crippen LogP contribution in [-0.4, -0.2) is 92.3 Å². The zero-order valence-electron chi connectivity index (χ0n) is 26.2. The van der Waals surface area contributed by atoms with Crippen molar-refractivity contribution < 1.29 is 29.3 Å². The van der Waals surface area contributed by atoms with Gasteiger partial charge in [-0.2, -0.15) is 0 Å². The van der Waals surface area contributed by atoms with E-state index in [4.69, 9.17) is 9.47 Å². The van der Waals surface area contributed by atoms with Gasteiger partial charge in [-0.3, -0.25) is 0 Å². The van der Waals surface area contributed by atoms with Gasteiger partial charge in [0.1, 0.15) is 11.2 Å². The van der Waals surface area contributed by atoms with Crippen LogP contribution in [0.15, 0.2) is 67.3 Å². The Bertz CT molecular complexity index is 1220. The van der Waals surface area contributed by atoms with Crippen molar-refractivity contribution >= 4 is 67.6 Å². The normalized spacial score (nSPS) is 22.5. The molecule has 2 aromatic rings. The number of carbonyl (C=O) groups is 2. The van der Waals surface area contributed by atoms with Gasteiger partial charge in [-0.05, 0) is 103 Å². The maximum Gasteiger partial charge on any atom is 0.410 e. The first-order valence-corrected chi connectivity index (χ1v) is 18.0. The largest absolute Gasteiger partial charge is 0.444 e. The zero-order chi connectivity index (χ0) is 32.7. The average Bonchev–Trinajstić information content (AvgIpc) is 2.92. The molecule has 2 aliphatic heterocycles. The lowest BCUT2D eigenvalue weighted by atomic mass is 10.1. The molecule has 0 saturated carbocycles. The van der Waals surface area contributed by atoms with E-state index in [9.17, 15) is 19.8 Å². The van der Waals surface area contributed by atoms with E-state index in [0.29, 0.717) is 32.6 Å². The number of aliphatic hydroxyl groups is 2. The molecule has 2 heterocycles. The van der Waals surface area contributed by atoms with E-state index in [0.717, 1.165) is 25.2 Å². The third-order valence-corrected chi connectivity index (χ3v) is 10.3. The number of hydrogen-bond acceptors (Lipinski definition) is 8. The monoisotopic (exact) mass is 774 g/mol. The van der Waals surface area contributed by atoms with Gasteiger partial charge in [0.2, 0.25) is 0 Å². The molecule has 4 atom stereocenters. The fourth-order valence-corrected chi connectivity index (χ4v) is 7.26. The van der Waals surface area contributed by atoms with Crippen molar-refractivity contribution in [2.75, 3.05) is 26.2 Å². The van der Waals surface area contributed by atoms with E-state index < -0.39 is 23.4 Å². The molecule has 4 rings (SSSR count). The summed E-state index contributed by atoms with van der Waals surface area (Å²) in [6, 6.07) is 16.0. The standard InChI is InChI=1S/2C16H22BrNO3S/c1-16(2,3)21-15(20)18-9-8-14(13(19)10-18)22-12-6-4-11(17)5-7-12;1-16(2,3)21-15(20)18-9-8-13(19)14(10-18)22-12-6-4-11(17)5-7-12/h2*4-7,13-14,19H,8-10H2,1-3H3. The van der Waals surface area contributed by atoms with Crippen LogP contribution in [0.3, 0.4) is 0 Å². The van der Waals surface area contributed by atoms with Crippen LogP contribution in [0, 0.1) is 0 Å². The number of thioether (sulfide) groups is 2. The SMILES string of the molecule is CC(C)(C)OC(=O)N1CCC(O)C(Sc2ccc(Br)cc2)C1.CC(C)(C)OC(=O)N1CCC(Sc2ccc(Br)cc2)C(O)C1. The summed E-state index contributed by atoms with van der Waals surface area (Å²) >= 11 is 10.1. The van der Waals surface area contributed by atoms with E-state index in [1.807, 2.05) is 90.1 Å². The number of hydrogen-bond donors (Lipinski definition) is 2. The Kier molecular flexibility index (Phi) is 13.8. The molecule has 12 heteroatoms. The first kappa shape index (κ1) is 37.0. The summed E-state index contributed by atoms with van der Waals surface area (Å²) in [5.41, 5.74) is -1.01. The summed E-state index contributed by atoms with van der Waals surface area (Å²) in [6.07, 6.45) is -0.282. The van der Waals surface area contributed by atoms with Gasteiger partial charge in [-0.25, -0.2) is 9.59 Å². The summed E-state index contributed by atoms with van der Waals surface area (Å²) in [4.78, 5) is 29.7. The molecule has 2 amide bonds. The second-order valence-electron chi connectivity index (χ2n) is 12.8. The summed E-state index contributed by atoms with van der Waals surface area (Å²) in [7, 11) is 0. The van der Waals surface area contributed by atoms with Gasteiger partial charge in [-0.15, -0.1) is 23.5 Å². The molecule has 2 N–H and O–H groups in total. The van der Waals surface area contributed by atoms with E-state index in [2.05, 4.69) is 31.9 Å². The Morgan fingerprint density at radius 3 is 1.52 bits per heavy atom. The lowest BCUT2D eigenvalue weighted by molar-refractivity contribution is 0.00527. The molecule has 4 unspecified atom stereocenters.